The van der Waals surface area contributed by atoms with Crippen LogP contribution >= 0.6 is 92.8 Å². The lowest BCUT2D eigenvalue weighted by molar-refractivity contribution is 1.18. The lowest BCUT2D eigenvalue weighted by Crippen LogP contribution is -2.10. The summed E-state index contributed by atoms with van der Waals surface area (Å²) in [5.41, 5.74) is 6.32. The van der Waals surface area contributed by atoms with Crippen LogP contribution in [0.5, 0.6) is 0 Å². The van der Waals surface area contributed by atoms with Crippen LogP contribution in [0.2, 0.25) is 40.2 Å². The first-order valence-electron chi connectivity index (χ1n) is 13.9. The largest absolute Gasteiger partial charge is 0.309 e. The molecule has 7 rings (SSSR count). The zero-order valence-electron chi connectivity index (χ0n) is 23.4. The van der Waals surface area contributed by atoms with Gasteiger partial charge in [0, 0.05) is 73.3 Å². The van der Waals surface area contributed by atoms with Crippen LogP contribution in [0.3, 0.4) is 0 Å². The SMILES string of the molecule is Clc1cc(Cl)c([C](c2c(Cl)cc(Cl)cc2Cl)c2c(Cl)cc(-c3ccc4c(c3)c3ccccc3n4-c3ccccc3)cc2Cl)c(Cl)c1. The molecular formula is C37H18Cl8N. The minimum atomic E-state index is 0.269. The van der Waals surface area contributed by atoms with E-state index in [9.17, 15) is 0 Å². The number of halogens is 8. The van der Waals surface area contributed by atoms with Gasteiger partial charge in [0.05, 0.1) is 17.0 Å². The zero-order chi connectivity index (χ0) is 32.3. The summed E-state index contributed by atoms with van der Waals surface area (Å²) in [5.74, 6) is 0.446. The standard InChI is InChI=1S/C37H18Cl8N/c38-21-15-28(42)35(29(43)16-21)37(36-30(44)17-22(39)18-31(36)45)34-26(40)13-20(14-27(34)41)19-10-11-33-25(12-19)24-8-4-5-9-32(24)46(33)23-6-2-1-3-7-23/h1-18H. The second-order valence-corrected chi connectivity index (χ2v) is 13.9. The van der Waals surface area contributed by atoms with Crippen LogP contribution in [0.1, 0.15) is 16.7 Å². The zero-order valence-corrected chi connectivity index (χ0v) is 29.4. The van der Waals surface area contributed by atoms with Gasteiger partial charge in [-0.05, 0) is 77.9 Å². The van der Waals surface area contributed by atoms with Gasteiger partial charge in [-0.3, -0.25) is 0 Å². The van der Waals surface area contributed by atoms with E-state index in [4.69, 9.17) is 92.8 Å². The van der Waals surface area contributed by atoms with E-state index in [2.05, 4.69) is 47.0 Å². The summed E-state index contributed by atoms with van der Waals surface area (Å²) in [6.45, 7) is 0. The highest BCUT2D eigenvalue weighted by molar-refractivity contribution is 6.43. The van der Waals surface area contributed by atoms with Crippen molar-refractivity contribution in [3.63, 3.8) is 0 Å². The van der Waals surface area contributed by atoms with Crippen molar-refractivity contribution in [2.75, 3.05) is 0 Å². The lowest BCUT2D eigenvalue weighted by Gasteiger charge is -2.25. The fraction of sp³-hybridized carbons (Fsp3) is 0. The highest BCUT2D eigenvalue weighted by atomic mass is 35.5. The van der Waals surface area contributed by atoms with E-state index in [0.29, 0.717) is 42.7 Å². The molecule has 1 heterocycles. The topological polar surface area (TPSA) is 4.93 Å². The molecule has 0 unspecified atom stereocenters. The predicted molar refractivity (Wildman–Crippen MR) is 200 cm³/mol. The van der Waals surface area contributed by atoms with Gasteiger partial charge in [0.15, 0.2) is 0 Å². The molecule has 46 heavy (non-hydrogen) atoms. The second-order valence-electron chi connectivity index (χ2n) is 10.6. The second kappa shape index (κ2) is 12.8. The molecule has 0 aliphatic carbocycles. The Hall–Kier alpha value is -2.56. The molecule has 9 heteroatoms. The highest BCUT2D eigenvalue weighted by Crippen LogP contribution is 2.50. The van der Waals surface area contributed by atoms with Crippen LogP contribution < -0.4 is 0 Å². The highest BCUT2D eigenvalue weighted by Gasteiger charge is 2.32. The van der Waals surface area contributed by atoms with Gasteiger partial charge in [0.1, 0.15) is 0 Å². The Morgan fingerprint density at radius 1 is 0.391 bits per heavy atom. The molecule has 0 spiro atoms. The molecule has 0 aliphatic heterocycles. The first-order chi connectivity index (χ1) is 22.1. The monoisotopic (exact) mass is 756 g/mol. The molecule has 0 bridgehead atoms. The molecule has 1 nitrogen and oxygen atoms in total. The molecule has 0 atom stereocenters. The third-order valence-electron chi connectivity index (χ3n) is 7.83. The number of hydrogen-bond donors (Lipinski definition) is 0. The Kier molecular flexibility index (Phi) is 8.91. The maximum Gasteiger partial charge on any atom is 0.0720 e. The van der Waals surface area contributed by atoms with E-state index >= 15 is 0 Å². The normalized spacial score (nSPS) is 11.7. The Bertz CT molecular complexity index is 2180. The molecule has 0 saturated heterocycles. The Morgan fingerprint density at radius 3 is 1.39 bits per heavy atom. The lowest BCUT2D eigenvalue weighted by atomic mass is 9.84. The maximum absolute atomic E-state index is 7.11. The summed E-state index contributed by atoms with van der Waals surface area (Å²) in [7, 11) is 0. The van der Waals surface area contributed by atoms with Gasteiger partial charge in [-0.1, -0.05) is 135 Å². The summed E-state index contributed by atoms with van der Waals surface area (Å²) >= 11 is 53.8. The molecule has 0 aliphatic rings. The summed E-state index contributed by atoms with van der Waals surface area (Å²) in [6, 6.07) is 35.0. The van der Waals surface area contributed by atoms with Crippen molar-refractivity contribution in [1.29, 1.82) is 0 Å². The summed E-state index contributed by atoms with van der Waals surface area (Å²) < 4.78 is 2.26. The number of nitrogens with zero attached hydrogens (tertiary/aromatic N) is 1. The third-order valence-corrected chi connectivity index (χ3v) is 10.1. The van der Waals surface area contributed by atoms with Crippen LogP contribution in [0.4, 0.5) is 0 Å². The number of fused-ring (bicyclic) bond motifs is 3. The average molecular weight is 760 g/mol. The smallest absolute Gasteiger partial charge is 0.0720 e. The molecular weight excluding hydrogens is 742 g/mol. The average Bonchev–Trinajstić information content (AvgIpc) is 3.33. The molecule has 0 fully saturated rings. The summed E-state index contributed by atoms with van der Waals surface area (Å²) in [4.78, 5) is 0. The van der Waals surface area contributed by atoms with Crippen molar-refractivity contribution in [1.82, 2.24) is 4.57 Å². The summed E-state index contributed by atoms with van der Waals surface area (Å²) in [5, 5.41) is 4.72. The Morgan fingerprint density at radius 2 is 0.848 bits per heavy atom. The number of hydrogen-bond acceptors (Lipinski definition) is 0. The predicted octanol–water partition coefficient (Wildman–Crippen LogP) is 14.7. The van der Waals surface area contributed by atoms with E-state index in [1.54, 1.807) is 24.3 Å². The Labute approximate surface area is 305 Å². The van der Waals surface area contributed by atoms with Crippen molar-refractivity contribution >= 4 is 115 Å². The first kappa shape index (κ1) is 32.0. The quantitative estimate of drug-likeness (QED) is 0.154. The van der Waals surface area contributed by atoms with Crippen molar-refractivity contribution in [2.24, 2.45) is 0 Å². The van der Waals surface area contributed by atoms with Gasteiger partial charge in [-0.2, -0.15) is 0 Å². The molecule has 227 valence electrons. The fourth-order valence-corrected chi connectivity index (χ4v) is 8.61. The van der Waals surface area contributed by atoms with Gasteiger partial charge in [0.2, 0.25) is 0 Å². The van der Waals surface area contributed by atoms with E-state index in [1.807, 2.05) is 42.5 Å². The van der Waals surface area contributed by atoms with Crippen molar-refractivity contribution in [3.05, 3.63) is 172 Å². The third kappa shape index (κ3) is 5.66. The van der Waals surface area contributed by atoms with Crippen LogP contribution in [0.15, 0.2) is 109 Å². The van der Waals surface area contributed by atoms with E-state index < -0.39 is 0 Å². The number of aromatic nitrogens is 1. The van der Waals surface area contributed by atoms with Gasteiger partial charge >= 0.3 is 0 Å². The van der Waals surface area contributed by atoms with Crippen molar-refractivity contribution < 1.29 is 0 Å². The van der Waals surface area contributed by atoms with E-state index in [1.165, 1.54) is 0 Å². The molecule has 1 aromatic heterocycles. The van der Waals surface area contributed by atoms with E-state index in [0.717, 1.165) is 38.6 Å². The fourth-order valence-electron chi connectivity index (χ4n) is 5.92. The maximum atomic E-state index is 7.11. The molecule has 0 saturated carbocycles. The van der Waals surface area contributed by atoms with Crippen LogP contribution in [-0.2, 0) is 0 Å². The van der Waals surface area contributed by atoms with Gasteiger partial charge in [-0.25, -0.2) is 0 Å². The van der Waals surface area contributed by atoms with E-state index in [-0.39, 0.29) is 20.1 Å². The minimum absolute atomic E-state index is 0.269. The first-order valence-corrected chi connectivity index (χ1v) is 16.9. The van der Waals surface area contributed by atoms with Crippen LogP contribution in [0.25, 0.3) is 38.6 Å². The summed E-state index contributed by atoms with van der Waals surface area (Å²) in [6.07, 6.45) is 0. The number of para-hydroxylation sites is 2. The molecule has 7 aromatic rings. The number of rotatable bonds is 5. The molecule has 0 amide bonds. The van der Waals surface area contributed by atoms with Gasteiger partial charge in [0.25, 0.3) is 0 Å². The molecule has 0 N–H and O–H groups in total. The van der Waals surface area contributed by atoms with Crippen molar-refractivity contribution in [3.8, 4) is 16.8 Å². The van der Waals surface area contributed by atoms with Gasteiger partial charge in [-0.15, -0.1) is 0 Å². The number of benzene rings is 6. The van der Waals surface area contributed by atoms with Crippen molar-refractivity contribution in [2.45, 2.75) is 0 Å². The minimum Gasteiger partial charge on any atom is -0.309 e. The Balaban J connectivity index is 1.43. The molecule has 1 radical (unpaired) electrons. The van der Waals surface area contributed by atoms with Gasteiger partial charge < -0.3 is 4.57 Å². The van der Waals surface area contributed by atoms with Crippen LogP contribution in [-0.4, -0.2) is 4.57 Å². The van der Waals surface area contributed by atoms with Crippen LogP contribution in [0, 0.1) is 5.92 Å². The molecule has 6 aromatic carbocycles.